The molecule has 1 aromatic rings. The molecule has 0 radical (unpaired) electrons. The SMILES string of the molecule is CCC(CC)C(=O)Nc1nc(C)co1. The number of anilines is 1. The van der Waals surface area contributed by atoms with Gasteiger partial charge in [0.1, 0.15) is 6.26 Å². The van der Waals surface area contributed by atoms with Crippen LogP contribution in [-0.2, 0) is 4.79 Å². The molecule has 1 heterocycles. The van der Waals surface area contributed by atoms with Gasteiger partial charge < -0.3 is 4.42 Å². The maximum absolute atomic E-state index is 11.6. The minimum absolute atomic E-state index is 0.0168. The molecule has 0 unspecified atom stereocenters. The number of amides is 1. The van der Waals surface area contributed by atoms with Crippen LogP contribution < -0.4 is 5.32 Å². The monoisotopic (exact) mass is 196 g/mol. The number of nitrogens with one attached hydrogen (secondary N) is 1. The van der Waals surface area contributed by atoms with Crippen molar-refractivity contribution in [3.05, 3.63) is 12.0 Å². The molecule has 1 amide bonds. The summed E-state index contributed by atoms with van der Waals surface area (Å²) in [5, 5.41) is 2.65. The van der Waals surface area contributed by atoms with Crippen molar-refractivity contribution in [3.63, 3.8) is 0 Å². The smallest absolute Gasteiger partial charge is 0.301 e. The van der Waals surface area contributed by atoms with Crippen LogP contribution >= 0.6 is 0 Å². The van der Waals surface area contributed by atoms with E-state index in [4.69, 9.17) is 4.42 Å². The zero-order valence-corrected chi connectivity index (χ0v) is 8.83. The molecule has 0 aromatic carbocycles. The summed E-state index contributed by atoms with van der Waals surface area (Å²) in [4.78, 5) is 15.6. The number of hydrogen-bond donors (Lipinski definition) is 1. The van der Waals surface area contributed by atoms with E-state index in [1.54, 1.807) is 0 Å². The normalized spacial score (nSPS) is 10.6. The minimum atomic E-state index is -0.0168. The van der Waals surface area contributed by atoms with Gasteiger partial charge in [-0.2, -0.15) is 4.98 Å². The topological polar surface area (TPSA) is 55.1 Å². The first-order chi connectivity index (χ1) is 6.67. The van der Waals surface area contributed by atoms with Gasteiger partial charge >= 0.3 is 6.01 Å². The highest BCUT2D eigenvalue weighted by Gasteiger charge is 2.15. The zero-order chi connectivity index (χ0) is 10.6. The Labute approximate surface area is 83.7 Å². The number of aromatic nitrogens is 1. The fraction of sp³-hybridized carbons (Fsp3) is 0.600. The first-order valence-electron chi connectivity index (χ1n) is 4.90. The van der Waals surface area contributed by atoms with Crippen LogP contribution in [0.5, 0.6) is 0 Å². The molecule has 1 aromatic heterocycles. The second-order valence-corrected chi connectivity index (χ2v) is 3.30. The largest absolute Gasteiger partial charge is 0.432 e. The van der Waals surface area contributed by atoms with Crippen LogP contribution in [0.2, 0.25) is 0 Å². The van der Waals surface area contributed by atoms with E-state index in [0.717, 1.165) is 18.5 Å². The van der Waals surface area contributed by atoms with E-state index >= 15 is 0 Å². The average molecular weight is 196 g/mol. The fourth-order valence-corrected chi connectivity index (χ4v) is 1.28. The molecule has 0 bridgehead atoms. The van der Waals surface area contributed by atoms with Crippen LogP contribution in [0.3, 0.4) is 0 Å². The third-order valence-electron chi connectivity index (χ3n) is 2.21. The first-order valence-corrected chi connectivity index (χ1v) is 4.90. The summed E-state index contributed by atoms with van der Waals surface area (Å²) in [6.07, 6.45) is 3.19. The van der Waals surface area contributed by atoms with E-state index in [9.17, 15) is 4.79 Å². The lowest BCUT2D eigenvalue weighted by molar-refractivity contribution is -0.120. The van der Waals surface area contributed by atoms with Crippen LogP contribution in [-0.4, -0.2) is 10.9 Å². The van der Waals surface area contributed by atoms with E-state index < -0.39 is 0 Å². The molecule has 1 N–H and O–H groups in total. The number of nitrogens with zero attached hydrogens (tertiary/aromatic N) is 1. The maximum atomic E-state index is 11.6. The molecular formula is C10H16N2O2. The lowest BCUT2D eigenvalue weighted by atomic mass is 10.0. The van der Waals surface area contributed by atoms with E-state index in [2.05, 4.69) is 10.3 Å². The van der Waals surface area contributed by atoms with Gasteiger partial charge in [0, 0.05) is 5.92 Å². The highest BCUT2D eigenvalue weighted by molar-refractivity contribution is 5.90. The second-order valence-electron chi connectivity index (χ2n) is 3.30. The van der Waals surface area contributed by atoms with Crippen molar-refractivity contribution < 1.29 is 9.21 Å². The van der Waals surface area contributed by atoms with Gasteiger partial charge in [0.05, 0.1) is 5.69 Å². The molecule has 4 nitrogen and oxygen atoms in total. The Morgan fingerprint density at radius 1 is 1.57 bits per heavy atom. The van der Waals surface area contributed by atoms with Crippen molar-refractivity contribution in [2.24, 2.45) is 5.92 Å². The molecule has 0 fully saturated rings. The molecule has 0 saturated carbocycles. The number of carbonyl (C=O) groups excluding carboxylic acids is 1. The Morgan fingerprint density at radius 3 is 2.64 bits per heavy atom. The van der Waals surface area contributed by atoms with Crippen LogP contribution in [0.25, 0.3) is 0 Å². The van der Waals surface area contributed by atoms with E-state index in [-0.39, 0.29) is 11.8 Å². The lowest BCUT2D eigenvalue weighted by Gasteiger charge is -2.09. The summed E-state index contributed by atoms with van der Waals surface area (Å²) in [5.41, 5.74) is 0.768. The third kappa shape index (κ3) is 2.58. The first kappa shape index (κ1) is 10.8. The Hall–Kier alpha value is -1.32. The molecule has 1 rings (SSSR count). The van der Waals surface area contributed by atoms with Crippen LogP contribution in [0.15, 0.2) is 10.7 Å². The fourth-order valence-electron chi connectivity index (χ4n) is 1.28. The summed E-state index contributed by atoms with van der Waals surface area (Å²) in [6, 6.07) is 0.291. The van der Waals surface area contributed by atoms with E-state index in [1.165, 1.54) is 6.26 Å². The molecule has 14 heavy (non-hydrogen) atoms. The standard InChI is InChI=1S/C10H16N2O2/c1-4-8(5-2)9(13)12-10-11-7(3)6-14-10/h6,8H,4-5H2,1-3H3,(H,11,12,13). The van der Waals surface area contributed by atoms with Crippen LogP contribution in [0.4, 0.5) is 6.01 Å². The predicted molar refractivity (Wildman–Crippen MR) is 53.9 cm³/mol. The van der Waals surface area contributed by atoms with Crippen molar-refractivity contribution in [1.29, 1.82) is 0 Å². The van der Waals surface area contributed by atoms with E-state index in [1.807, 2.05) is 20.8 Å². The Kier molecular flexibility index (Phi) is 3.68. The highest BCUT2D eigenvalue weighted by atomic mass is 16.4. The number of carbonyl (C=O) groups is 1. The molecule has 78 valence electrons. The predicted octanol–water partition coefficient (Wildman–Crippen LogP) is 2.36. The Balaban J connectivity index is 2.56. The second kappa shape index (κ2) is 4.79. The lowest BCUT2D eigenvalue weighted by Crippen LogP contribution is -2.21. The molecule has 0 aliphatic heterocycles. The van der Waals surface area contributed by atoms with Gasteiger partial charge in [0.25, 0.3) is 0 Å². The van der Waals surface area contributed by atoms with Gasteiger partial charge in [0.2, 0.25) is 5.91 Å². The highest BCUT2D eigenvalue weighted by Crippen LogP contribution is 2.12. The van der Waals surface area contributed by atoms with Gasteiger partial charge in [-0.1, -0.05) is 13.8 Å². The van der Waals surface area contributed by atoms with Crippen molar-refractivity contribution in [2.45, 2.75) is 33.6 Å². The average Bonchev–Trinajstić information content (AvgIpc) is 2.53. The van der Waals surface area contributed by atoms with Gasteiger partial charge in [-0.25, -0.2) is 0 Å². The van der Waals surface area contributed by atoms with Crippen molar-refractivity contribution in [1.82, 2.24) is 4.98 Å². The molecule has 0 saturated heterocycles. The Morgan fingerprint density at radius 2 is 2.21 bits per heavy atom. The van der Waals surface area contributed by atoms with E-state index in [0.29, 0.717) is 6.01 Å². The molecule has 0 spiro atoms. The van der Waals surface area contributed by atoms with Gasteiger partial charge in [-0.15, -0.1) is 0 Å². The number of hydrogen-bond acceptors (Lipinski definition) is 3. The van der Waals surface area contributed by atoms with Gasteiger partial charge in [-0.05, 0) is 19.8 Å². The van der Waals surface area contributed by atoms with Crippen LogP contribution in [0.1, 0.15) is 32.4 Å². The molecular weight excluding hydrogens is 180 g/mol. The molecule has 4 heteroatoms. The summed E-state index contributed by atoms with van der Waals surface area (Å²) in [7, 11) is 0. The molecule has 0 atom stereocenters. The summed E-state index contributed by atoms with van der Waals surface area (Å²) in [6.45, 7) is 5.80. The quantitative estimate of drug-likeness (QED) is 0.804. The number of aryl methyl sites for hydroxylation is 1. The van der Waals surface area contributed by atoms with Crippen LogP contribution in [0, 0.1) is 12.8 Å². The third-order valence-corrected chi connectivity index (χ3v) is 2.21. The molecule has 0 aliphatic carbocycles. The van der Waals surface area contributed by atoms with Gasteiger partial charge in [-0.3, -0.25) is 10.1 Å². The summed E-state index contributed by atoms with van der Waals surface area (Å²) in [5.74, 6) is 0.0269. The zero-order valence-electron chi connectivity index (χ0n) is 8.83. The number of rotatable bonds is 4. The summed E-state index contributed by atoms with van der Waals surface area (Å²) >= 11 is 0. The van der Waals surface area contributed by atoms with Crippen molar-refractivity contribution in [2.75, 3.05) is 5.32 Å². The summed E-state index contributed by atoms with van der Waals surface area (Å²) < 4.78 is 5.03. The van der Waals surface area contributed by atoms with Crippen molar-refractivity contribution in [3.8, 4) is 0 Å². The molecule has 0 aliphatic rings. The maximum Gasteiger partial charge on any atom is 0.301 e. The Bertz CT molecular complexity index is 303. The minimum Gasteiger partial charge on any atom is -0.432 e. The van der Waals surface area contributed by atoms with Gasteiger partial charge in [0.15, 0.2) is 0 Å². The van der Waals surface area contributed by atoms with Crippen molar-refractivity contribution >= 4 is 11.9 Å². The number of oxazole rings is 1.